The van der Waals surface area contributed by atoms with Gasteiger partial charge >= 0.3 is 0 Å². The molecule has 0 fully saturated rings. The monoisotopic (exact) mass is 919 g/mol. The maximum Gasteiger partial charge on any atom is 0.237 e. The zero-order chi connectivity index (χ0) is 45.1. The van der Waals surface area contributed by atoms with Gasteiger partial charge in [0.15, 0.2) is 0 Å². The van der Waals surface area contributed by atoms with Crippen LogP contribution < -0.4 is 38.2 Å². The smallest absolute Gasteiger partial charge is 0.237 e. The Morgan fingerprint density at radius 3 is 1.37 bits per heavy atom. The standard InChI is InChI=1S/C39H66N7O14PS/c1-2-61(50,62)60-35-9-7-34(8-10-35)33-5-3-32(4-6-33)29-36(39(49)45-13-16-53-19-22-56-25-28-59-42)46(30-37(47)43-11-14-51-17-20-54-23-26-57-40)31-38(48)44-12-15-52-18-21-55-24-27-58-41/h3-10,36H,2,11-31,40-42H2,1H3,(H,43,47)(H,44,48)(H,45,49)(H,50,62). The number of ether oxygens (including phenoxy) is 6. The minimum atomic E-state index is -2.89. The topological polar surface area (TPSA) is 281 Å². The lowest BCUT2D eigenvalue weighted by Crippen LogP contribution is -2.54. The van der Waals surface area contributed by atoms with Gasteiger partial charge in [-0.3, -0.25) is 19.3 Å². The highest BCUT2D eigenvalue weighted by atomic mass is 32.5. The molecule has 0 aliphatic rings. The predicted octanol–water partition coefficient (Wildman–Crippen LogP) is -0.614. The quantitative estimate of drug-likeness (QED) is 0.0250. The molecule has 352 valence electrons. The summed E-state index contributed by atoms with van der Waals surface area (Å²) in [6.07, 6.45) is 0.510. The van der Waals surface area contributed by atoms with Gasteiger partial charge in [0.05, 0.1) is 118 Å². The Bertz CT molecular complexity index is 1500. The van der Waals surface area contributed by atoms with Gasteiger partial charge in [-0.05, 0) is 47.1 Å². The summed E-state index contributed by atoms with van der Waals surface area (Å²) >= 11 is 5.15. The molecule has 21 nitrogen and oxygen atoms in total. The first-order valence-electron chi connectivity index (χ1n) is 20.3. The molecule has 0 saturated carbocycles. The van der Waals surface area contributed by atoms with Crippen molar-refractivity contribution < 1.29 is 66.7 Å². The van der Waals surface area contributed by atoms with Crippen LogP contribution in [0.5, 0.6) is 5.75 Å². The first-order chi connectivity index (χ1) is 30.1. The van der Waals surface area contributed by atoms with Crippen molar-refractivity contribution in [3.63, 3.8) is 0 Å². The number of nitrogens with one attached hydrogen (secondary N) is 3. The summed E-state index contributed by atoms with van der Waals surface area (Å²) < 4.78 is 38.2. The van der Waals surface area contributed by atoms with Gasteiger partial charge in [0.1, 0.15) is 5.75 Å². The Balaban J connectivity index is 2.20. The van der Waals surface area contributed by atoms with Crippen LogP contribution in [0.15, 0.2) is 48.5 Å². The van der Waals surface area contributed by atoms with Gasteiger partial charge in [-0.15, -0.1) is 0 Å². The second kappa shape index (κ2) is 35.1. The molecule has 0 saturated heterocycles. The second-order valence-corrected chi connectivity index (χ2v) is 17.0. The molecule has 0 aliphatic heterocycles. The van der Waals surface area contributed by atoms with Gasteiger partial charge in [0, 0.05) is 25.8 Å². The molecule has 2 unspecified atom stereocenters. The molecule has 2 aromatic rings. The summed E-state index contributed by atoms with van der Waals surface area (Å²) in [5.74, 6) is 14.2. The Labute approximate surface area is 368 Å². The summed E-state index contributed by atoms with van der Waals surface area (Å²) in [5.41, 5.74) is 2.56. The molecule has 2 atom stereocenters. The first-order valence-corrected chi connectivity index (χ1v) is 23.2. The molecule has 2 rings (SSSR count). The van der Waals surface area contributed by atoms with Gasteiger partial charge in [0.2, 0.25) is 24.2 Å². The maximum atomic E-state index is 14.0. The molecular weight excluding hydrogens is 854 g/mol. The molecule has 0 heterocycles. The molecule has 0 radical (unpaired) electrons. The summed E-state index contributed by atoms with van der Waals surface area (Å²) in [4.78, 5) is 65.8. The Hall–Kier alpha value is -3.26. The number of hydrogen-bond acceptors (Lipinski definition) is 18. The van der Waals surface area contributed by atoms with E-state index in [4.69, 9.17) is 62.4 Å². The molecule has 0 aliphatic carbocycles. The van der Waals surface area contributed by atoms with E-state index in [0.29, 0.717) is 64.8 Å². The minimum absolute atomic E-state index is 0.159. The van der Waals surface area contributed by atoms with Gasteiger partial charge < -0.3 is 68.3 Å². The third-order valence-corrected chi connectivity index (χ3v) is 10.8. The van der Waals surface area contributed by atoms with Gasteiger partial charge in [-0.1, -0.05) is 43.3 Å². The molecule has 10 N–H and O–H groups in total. The van der Waals surface area contributed by atoms with Crippen molar-refractivity contribution in [1.82, 2.24) is 20.9 Å². The average molecular weight is 920 g/mol. The van der Waals surface area contributed by atoms with Crippen LogP contribution in [-0.4, -0.2) is 172 Å². The van der Waals surface area contributed by atoms with E-state index in [-0.39, 0.29) is 85.4 Å². The Morgan fingerprint density at radius 2 is 0.968 bits per heavy atom. The Morgan fingerprint density at radius 1 is 0.597 bits per heavy atom. The molecule has 62 heavy (non-hydrogen) atoms. The predicted molar refractivity (Wildman–Crippen MR) is 233 cm³/mol. The number of amides is 3. The fourth-order valence-electron chi connectivity index (χ4n) is 5.32. The minimum Gasteiger partial charge on any atom is -0.444 e. The van der Waals surface area contributed by atoms with Crippen molar-refractivity contribution in [2.45, 2.75) is 19.4 Å². The molecule has 23 heteroatoms. The van der Waals surface area contributed by atoms with E-state index < -0.39 is 30.3 Å². The maximum absolute atomic E-state index is 14.0. The summed E-state index contributed by atoms with van der Waals surface area (Å²) in [7, 11) is 0. The van der Waals surface area contributed by atoms with Gasteiger partial charge in [0.25, 0.3) is 0 Å². The van der Waals surface area contributed by atoms with E-state index >= 15 is 0 Å². The zero-order valence-corrected chi connectivity index (χ0v) is 37.3. The lowest BCUT2D eigenvalue weighted by molar-refractivity contribution is -0.131. The normalized spacial score (nSPS) is 12.8. The van der Waals surface area contributed by atoms with Crippen LogP contribution in [-0.2, 0) is 75.5 Å². The lowest BCUT2D eigenvalue weighted by atomic mass is 9.99. The number of carbonyl (C=O) groups is 3. The van der Waals surface area contributed by atoms with Crippen molar-refractivity contribution in [1.29, 1.82) is 0 Å². The molecule has 2 aromatic carbocycles. The SMILES string of the molecule is CCP(O)(=S)Oc1ccc(-c2ccc(CC(C(=O)NCCOCCOCCON)N(CC(=O)NCCOCCOCCON)CC(=O)NCCOCCOCCON)cc2)cc1. The third-order valence-electron chi connectivity index (χ3n) is 8.49. The highest BCUT2D eigenvalue weighted by Crippen LogP contribution is 2.42. The molecular formula is C39H66N7O14PS. The summed E-state index contributed by atoms with van der Waals surface area (Å²) in [6.45, 7) is 3.08. The first kappa shape index (κ1) is 54.9. The van der Waals surface area contributed by atoms with E-state index in [1.54, 1.807) is 19.1 Å². The van der Waals surface area contributed by atoms with Crippen molar-refractivity contribution >= 4 is 36.0 Å². The van der Waals surface area contributed by atoms with Crippen LogP contribution in [0.1, 0.15) is 12.5 Å². The fraction of sp³-hybridized carbons (Fsp3) is 0.615. The van der Waals surface area contributed by atoms with Crippen LogP contribution in [0, 0.1) is 0 Å². The van der Waals surface area contributed by atoms with E-state index in [2.05, 4.69) is 30.5 Å². The number of nitrogens with two attached hydrogens (primary N) is 3. The summed E-state index contributed by atoms with van der Waals surface area (Å²) in [5, 5.41) is 8.50. The van der Waals surface area contributed by atoms with E-state index in [0.717, 1.165) is 16.7 Å². The zero-order valence-electron chi connectivity index (χ0n) is 35.5. The van der Waals surface area contributed by atoms with Crippen LogP contribution in [0.4, 0.5) is 0 Å². The average Bonchev–Trinajstić information content (AvgIpc) is 3.26. The van der Waals surface area contributed by atoms with Gasteiger partial charge in [-0.2, -0.15) is 0 Å². The van der Waals surface area contributed by atoms with Crippen molar-refractivity contribution in [3.8, 4) is 16.9 Å². The summed E-state index contributed by atoms with van der Waals surface area (Å²) in [6, 6.07) is 13.9. The largest absolute Gasteiger partial charge is 0.444 e. The number of benzene rings is 2. The molecule has 3 amide bonds. The molecule has 0 bridgehead atoms. The van der Waals surface area contributed by atoms with Crippen LogP contribution >= 0.6 is 6.49 Å². The van der Waals surface area contributed by atoms with Crippen molar-refractivity contribution in [3.05, 3.63) is 54.1 Å². The van der Waals surface area contributed by atoms with E-state index in [1.807, 2.05) is 36.4 Å². The molecule has 0 spiro atoms. The van der Waals surface area contributed by atoms with Crippen LogP contribution in [0.3, 0.4) is 0 Å². The number of carbonyl (C=O) groups excluding carboxylic acids is 3. The molecule has 0 aromatic heterocycles. The van der Waals surface area contributed by atoms with Crippen molar-refractivity contribution in [2.24, 2.45) is 17.7 Å². The van der Waals surface area contributed by atoms with Crippen molar-refractivity contribution in [2.75, 3.05) is 138 Å². The second-order valence-electron chi connectivity index (χ2n) is 13.2. The van der Waals surface area contributed by atoms with Gasteiger partial charge in [-0.25, -0.2) is 17.7 Å². The fourth-order valence-corrected chi connectivity index (χ4v) is 6.15. The number of rotatable bonds is 39. The Kier molecular flexibility index (Phi) is 31.1. The number of nitrogens with zero attached hydrogens (tertiary/aromatic N) is 1. The highest BCUT2D eigenvalue weighted by molar-refractivity contribution is 8.09. The number of hydrogen-bond donors (Lipinski definition) is 7. The van der Waals surface area contributed by atoms with Crippen LogP contribution in [0.25, 0.3) is 11.1 Å². The lowest BCUT2D eigenvalue weighted by Gasteiger charge is -2.30. The highest BCUT2D eigenvalue weighted by Gasteiger charge is 2.29. The van der Waals surface area contributed by atoms with E-state index in [1.165, 1.54) is 4.90 Å². The van der Waals surface area contributed by atoms with E-state index in [9.17, 15) is 19.3 Å². The van der Waals surface area contributed by atoms with Crippen LogP contribution in [0.2, 0.25) is 0 Å². The third kappa shape index (κ3) is 26.4.